The minimum absolute atomic E-state index is 0.0143. The van der Waals surface area contributed by atoms with Gasteiger partial charge in [0.25, 0.3) is 0 Å². The first-order valence-corrected chi connectivity index (χ1v) is 8.77. The number of nitrogens with zero attached hydrogens (tertiary/aromatic N) is 4. The predicted octanol–water partition coefficient (Wildman–Crippen LogP) is 2.13. The fourth-order valence-electron chi connectivity index (χ4n) is 3.29. The Kier molecular flexibility index (Phi) is 4.40. The third-order valence-corrected chi connectivity index (χ3v) is 4.76. The largest absolute Gasteiger partial charge is 0.348 e. The van der Waals surface area contributed by atoms with Gasteiger partial charge in [0, 0.05) is 29.9 Å². The molecule has 1 fully saturated rings. The van der Waals surface area contributed by atoms with Gasteiger partial charge < -0.3 is 20.9 Å². The molecule has 3 aromatic heterocycles. The van der Waals surface area contributed by atoms with E-state index in [1.165, 1.54) is 6.20 Å². The number of H-pyrrole nitrogens is 1. The van der Waals surface area contributed by atoms with E-state index >= 15 is 0 Å². The number of piperidine rings is 1. The Morgan fingerprint density at radius 2 is 2.26 bits per heavy atom. The number of fused-ring (bicyclic) bond motifs is 1. The summed E-state index contributed by atoms with van der Waals surface area (Å²) in [7, 11) is 0. The van der Waals surface area contributed by atoms with Crippen molar-refractivity contribution in [1.29, 1.82) is 0 Å². The van der Waals surface area contributed by atoms with Crippen LogP contribution in [0, 0.1) is 5.82 Å². The molecule has 140 valence electrons. The first-order valence-electron chi connectivity index (χ1n) is 8.39. The van der Waals surface area contributed by atoms with Crippen molar-refractivity contribution in [1.82, 2.24) is 24.8 Å². The number of amides is 1. The normalized spacial score (nSPS) is 20.0. The van der Waals surface area contributed by atoms with Gasteiger partial charge in [0.2, 0.25) is 6.41 Å². The van der Waals surface area contributed by atoms with Crippen molar-refractivity contribution in [3.8, 4) is 11.4 Å². The SMILES string of the molecule is N[C@]1(Nc2nc(-c3c[nH]c4ncc(Cl)cc34)ncc2F)CCCN(C=O)C1. The van der Waals surface area contributed by atoms with Crippen molar-refractivity contribution in [2.75, 3.05) is 18.4 Å². The average Bonchev–Trinajstić information content (AvgIpc) is 3.06. The molecule has 0 aliphatic carbocycles. The molecule has 4 rings (SSSR count). The van der Waals surface area contributed by atoms with Crippen LogP contribution in [0.3, 0.4) is 0 Å². The minimum Gasteiger partial charge on any atom is -0.348 e. The number of anilines is 1. The Labute approximate surface area is 159 Å². The summed E-state index contributed by atoms with van der Waals surface area (Å²) in [6, 6.07) is 1.74. The maximum atomic E-state index is 14.3. The van der Waals surface area contributed by atoms with Gasteiger partial charge in [-0.25, -0.2) is 19.3 Å². The van der Waals surface area contributed by atoms with E-state index in [2.05, 4.69) is 25.3 Å². The number of carbonyl (C=O) groups excluding carboxylic acids is 1. The highest BCUT2D eigenvalue weighted by atomic mass is 35.5. The van der Waals surface area contributed by atoms with E-state index in [0.717, 1.165) is 18.0 Å². The van der Waals surface area contributed by atoms with Gasteiger partial charge in [-0.05, 0) is 18.9 Å². The molecule has 1 atom stereocenters. The number of halogens is 2. The number of pyridine rings is 1. The standard InChI is InChI=1S/C17H17ClFN7O/c18-10-4-11-12(6-22-14(11)21-5-10)15-23-7-13(19)16(24-15)25-17(20)2-1-3-26(8-17)9-27/h4-7,9H,1-3,8,20H2,(H,21,22)(H,23,24,25)/t17-/m0/s1. The van der Waals surface area contributed by atoms with E-state index in [1.807, 2.05) is 0 Å². The zero-order chi connectivity index (χ0) is 19.0. The maximum Gasteiger partial charge on any atom is 0.209 e. The second-order valence-electron chi connectivity index (χ2n) is 6.60. The first kappa shape index (κ1) is 17.6. The summed E-state index contributed by atoms with van der Waals surface area (Å²) in [4.78, 5) is 28.2. The van der Waals surface area contributed by atoms with E-state index in [1.54, 1.807) is 17.2 Å². The minimum atomic E-state index is -0.962. The smallest absolute Gasteiger partial charge is 0.209 e. The molecule has 1 aliphatic heterocycles. The average molecular weight is 390 g/mol. The van der Waals surface area contributed by atoms with Crippen LogP contribution in [0.15, 0.2) is 24.7 Å². The third-order valence-electron chi connectivity index (χ3n) is 4.55. The van der Waals surface area contributed by atoms with E-state index in [9.17, 15) is 9.18 Å². The molecule has 0 radical (unpaired) electrons. The predicted molar refractivity (Wildman–Crippen MR) is 99.5 cm³/mol. The first-order chi connectivity index (χ1) is 13.0. The van der Waals surface area contributed by atoms with Crippen LogP contribution < -0.4 is 11.1 Å². The van der Waals surface area contributed by atoms with E-state index in [0.29, 0.717) is 41.4 Å². The molecule has 1 aliphatic rings. The molecule has 4 N–H and O–H groups in total. The van der Waals surface area contributed by atoms with Gasteiger partial charge in [-0.15, -0.1) is 0 Å². The van der Waals surface area contributed by atoms with Crippen molar-refractivity contribution in [3.63, 3.8) is 0 Å². The van der Waals surface area contributed by atoms with Gasteiger partial charge in [-0.1, -0.05) is 11.6 Å². The Balaban J connectivity index is 1.69. The second-order valence-corrected chi connectivity index (χ2v) is 7.04. The molecule has 8 nitrogen and oxygen atoms in total. The summed E-state index contributed by atoms with van der Waals surface area (Å²) in [5.74, 6) is -0.330. The molecule has 10 heteroatoms. The molecule has 3 aromatic rings. The van der Waals surface area contributed by atoms with Gasteiger partial charge in [0.05, 0.1) is 17.8 Å². The molecule has 1 amide bonds. The van der Waals surface area contributed by atoms with Crippen molar-refractivity contribution >= 4 is 34.9 Å². The zero-order valence-electron chi connectivity index (χ0n) is 14.2. The molecule has 0 spiro atoms. The lowest BCUT2D eigenvalue weighted by molar-refractivity contribution is -0.119. The number of nitrogens with one attached hydrogen (secondary N) is 2. The van der Waals surface area contributed by atoms with Crippen molar-refractivity contribution in [2.45, 2.75) is 18.5 Å². The number of nitrogens with two attached hydrogens (primary N) is 1. The van der Waals surface area contributed by atoms with Crippen molar-refractivity contribution in [3.05, 3.63) is 35.5 Å². The van der Waals surface area contributed by atoms with Crippen LogP contribution in [0.2, 0.25) is 5.02 Å². The quantitative estimate of drug-likeness (QED) is 0.465. The van der Waals surface area contributed by atoms with Crippen LogP contribution in [0.25, 0.3) is 22.4 Å². The molecule has 27 heavy (non-hydrogen) atoms. The van der Waals surface area contributed by atoms with Gasteiger partial charge in [0.15, 0.2) is 17.5 Å². The third kappa shape index (κ3) is 3.43. The summed E-state index contributed by atoms with van der Waals surface area (Å²) < 4.78 is 14.3. The van der Waals surface area contributed by atoms with Crippen LogP contribution in [0.4, 0.5) is 10.2 Å². The summed E-state index contributed by atoms with van der Waals surface area (Å²) in [5.41, 5.74) is 6.64. The Bertz CT molecular complexity index is 1010. The second kappa shape index (κ2) is 6.75. The summed E-state index contributed by atoms with van der Waals surface area (Å²) in [6.07, 6.45) is 6.36. The number of carbonyl (C=O) groups is 1. The van der Waals surface area contributed by atoms with Crippen LogP contribution in [-0.2, 0) is 4.79 Å². The lowest BCUT2D eigenvalue weighted by Gasteiger charge is -2.39. The molecule has 0 unspecified atom stereocenters. The highest BCUT2D eigenvalue weighted by Crippen LogP contribution is 2.29. The lowest BCUT2D eigenvalue weighted by Crippen LogP contribution is -2.59. The lowest BCUT2D eigenvalue weighted by atomic mass is 9.99. The topological polar surface area (TPSA) is 113 Å². The zero-order valence-corrected chi connectivity index (χ0v) is 15.0. The Hall–Kier alpha value is -2.78. The maximum absolute atomic E-state index is 14.3. The molecular weight excluding hydrogens is 373 g/mol. The van der Waals surface area contributed by atoms with Crippen LogP contribution in [0.5, 0.6) is 0 Å². The summed E-state index contributed by atoms with van der Waals surface area (Å²) in [6.45, 7) is 0.895. The molecule has 1 saturated heterocycles. The number of hydrogen-bond donors (Lipinski definition) is 3. The number of aromatic nitrogens is 4. The van der Waals surface area contributed by atoms with Crippen LogP contribution in [-0.4, -0.2) is 50.0 Å². The van der Waals surface area contributed by atoms with Crippen LogP contribution in [0.1, 0.15) is 12.8 Å². The van der Waals surface area contributed by atoms with Crippen LogP contribution >= 0.6 is 11.6 Å². The highest BCUT2D eigenvalue weighted by molar-refractivity contribution is 6.31. The van der Waals surface area contributed by atoms with Gasteiger partial charge in [0.1, 0.15) is 11.3 Å². The fourth-order valence-corrected chi connectivity index (χ4v) is 3.45. The molecule has 0 saturated carbocycles. The van der Waals surface area contributed by atoms with Crippen molar-refractivity contribution < 1.29 is 9.18 Å². The molecular formula is C17H17ClFN7O. The molecule has 0 aromatic carbocycles. The Morgan fingerprint density at radius 3 is 3.07 bits per heavy atom. The van der Waals surface area contributed by atoms with Gasteiger partial charge in [-0.3, -0.25) is 4.79 Å². The summed E-state index contributed by atoms with van der Waals surface area (Å²) >= 11 is 6.03. The number of rotatable bonds is 4. The Morgan fingerprint density at radius 1 is 1.41 bits per heavy atom. The highest BCUT2D eigenvalue weighted by Gasteiger charge is 2.32. The monoisotopic (exact) mass is 389 g/mol. The van der Waals surface area contributed by atoms with E-state index < -0.39 is 11.5 Å². The fraction of sp³-hybridized carbons (Fsp3) is 0.294. The molecule has 4 heterocycles. The van der Waals surface area contributed by atoms with Gasteiger partial charge in [-0.2, -0.15) is 0 Å². The number of hydrogen-bond acceptors (Lipinski definition) is 6. The van der Waals surface area contributed by atoms with E-state index in [-0.39, 0.29) is 12.4 Å². The summed E-state index contributed by atoms with van der Waals surface area (Å²) in [5, 5.41) is 4.15. The van der Waals surface area contributed by atoms with E-state index in [4.69, 9.17) is 17.3 Å². The molecule has 0 bridgehead atoms. The van der Waals surface area contributed by atoms with Crippen molar-refractivity contribution in [2.24, 2.45) is 5.73 Å². The number of likely N-dealkylation sites (tertiary alicyclic amines) is 1. The van der Waals surface area contributed by atoms with Gasteiger partial charge >= 0.3 is 0 Å². The number of aromatic amines is 1.